The molecule has 0 bridgehead atoms. The Morgan fingerprint density at radius 2 is 1.54 bits per heavy atom. The van der Waals surface area contributed by atoms with Crippen molar-refractivity contribution in [3.05, 3.63) is 87.5 Å². The van der Waals surface area contributed by atoms with E-state index in [2.05, 4.69) is 20.7 Å². The molecule has 19 nitrogen and oxygen atoms in total. The van der Waals surface area contributed by atoms with Crippen LogP contribution in [0.4, 0.5) is 15.9 Å². The van der Waals surface area contributed by atoms with E-state index in [4.69, 9.17) is 57.4 Å². The second-order valence-corrected chi connectivity index (χ2v) is 17.1. The summed E-state index contributed by atoms with van der Waals surface area (Å²) in [5, 5.41) is 10.1. The normalized spacial score (nSPS) is 16.8. The van der Waals surface area contributed by atoms with Crippen LogP contribution in [0.2, 0.25) is 10.0 Å². The lowest BCUT2D eigenvalue weighted by atomic mass is 10.0. The molecule has 5 heterocycles. The Hall–Kier alpha value is -5.74. The lowest BCUT2D eigenvalue weighted by molar-refractivity contribution is -0.136. The highest BCUT2D eigenvalue weighted by atomic mass is 35.5. The first-order valence-corrected chi connectivity index (χ1v) is 23.5. The van der Waals surface area contributed by atoms with Crippen molar-refractivity contribution in [1.82, 2.24) is 29.9 Å². The third kappa shape index (κ3) is 13.1. The minimum absolute atomic E-state index is 0.0391. The number of pyridine rings is 1. The van der Waals surface area contributed by atoms with Crippen molar-refractivity contribution < 1.29 is 56.8 Å². The number of amides is 5. The fraction of sp³-hybridized carbons (Fsp3) is 0.468. The number of fused-ring (bicyclic) bond motifs is 1. The maximum Gasteiger partial charge on any atom is 0.264 e. The summed E-state index contributed by atoms with van der Waals surface area (Å²) in [6.07, 6.45) is 6.51. The van der Waals surface area contributed by atoms with Crippen LogP contribution in [0.15, 0.2) is 55.0 Å². The lowest BCUT2D eigenvalue weighted by Crippen LogP contribution is -2.54. The number of halogens is 3. The van der Waals surface area contributed by atoms with E-state index in [1.165, 1.54) is 12.1 Å². The maximum atomic E-state index is 14.1. The number of imide groups is 2. The first-order chi connectivity index (χ1) is 33.4. The minimum atomic E-state index is -1.03. The van der Waals surface area contributed by atoms with Crippen LogP contribution in [-0.2, 0) is 38.1 Å². The average molecular weight is 998 g/mol. The summed E-state index contributed by atoms with van der Waals surface area (Å²) in [4.78, 5) is 70.1. The van der Waals surface area contributed by atoms with Crippen LogP contribution in [0, 0.1) is 5.82 Å². The number of nitrogen functional groups attached to an aromatic ring is 1. The van der Waals surface area contributed by atoms with Crippen molar-refractivity contribution in [1.29, 1.82) is 0 Å². The number of likely N-dealkylation sites (tertiary alicyclic amines) is 1. The van der Waals surface area contributed by atoms with Gasteiger partial charge in [0.2, 0.25) is 17.7 Å². The van der Waals surface area contributed by atoms with Crippen molar-refractivity contribution in [3.8, 4) is 16.9 Å². The molecule has 370 valence electrons. The number of nitrogens with two attached hydrogens (primary N) is 1. The topological polar surface area (TPSA) is 228 Å². The Balaban J connectivity index is 0.676. The summed E-state index contributed by atoms with van der Waals surface area (Å²) in [7, 11) is 0. The van der Waals surface area contributed by atoms with E-state index in [-0.39, 0.29) is 58.2 Å². The summed E-state index contributed by atoms with van der Waals surface area (Å²) in [5.41, 5.74) is 8.83. The number of aromatic nitrogens is 3. The van der Waals surface area contributed by atoms with Gasteiger partial charge in [0.25, 0.3) is 11.8 Å². The summed E-state index contributed by atoms with van der Waals surface area (Å²) in [6, 6.07) is 8.34. The highest BCUT2D eigenvalue weighted by Crippen LogP contribution is 2.38. The summed E-state index contributed by atoms with van der Waals surface area (Å²) < 4.78 is 50.0. The molecule has 0 aliphatic carbocycles. The number of nitrogens with one attached hydrogen (secondary N) is 2. The van der Waals surface area contributed by atoms with Gasteiger partial charge in [0.05, 0.1) is 101 Å². The van der Waals surface area contributed by atoms with Crippen molar-refractivity contribution >= 4 is 64.2 Å². The number of piperidine rings is 2. The Morgan fingerprint density at radius 1 is 0.870 bits per heavy atom. The fourth-order valence-electron chi connectivity index (χ4n) is 8.16. The SMILES string of the molecule is C[C@@H](Oc1cc(-c2cnn(C3CCN(C(=O)CCOCCOCCOCCOCCOCCNc4cccc5c4C(=O)N(C4CCC(=O)NC4=O)C5=O)CC3)c2)cnc1N)c1c(Cl)ccc(F)c1Cl. The van der Waals surface area contributed by atoms with Crippen molar-refractivity contribution in [2.45, 2.75) is 57.2 Å². The number of benzene rings is 2. The van der Waals surface area contributed by atoms with Crippen molar-refractivity contribution in [2.75, 3.05) is 96.8 Å². The van der Waals surface area contributed by atoms with E-state index in [1.807, 2.05) is 15.8 Å². The molecule has 22 heteroatoms. The quantitative estimate of drug-likeness (QED) is 0.0437. The number of carbonyl (C=O) groups is 5. The van der Waals surface area contributed by atoms with Gasteiger partial charge in [-0.1, -0.05) is 29.3 Å². The molecule has 0 saturated carbocycles. The molecule has 0 spiro atoms. The molecular weight excluding hydrogens is 942 g/mol. The monoisotopic (exact) mass is 996 g/mol. The number of hydrogen-bond acceptors (Lipinski definition) is 15. The smallest absolute Gasteiger partial charge is 0.264 e. The zero-order valence-corrected chi connectivity index (χ0v) is 39.6. The first kappa shape index (κ1) is 51.1. The van der Waals surface area contributed by atoms with Crippen LogP contribution < -0.4 is 21.1 Å². The number of hydrogen-bond donors (Lipinski definition) is 3. The zero-order valence-electron chi connectivity index (χ0n) is 38.1. The van der Waals surface area contributed by atoms with E-state index >= 15 is 0 Å². The standard InChI is InChI=1S/C47H55Cl2FN8O11/c1-29(41-34(48)5-6-35(50)43(41)49)69-38-25-30(26-53-44(38)51)31-27-54-57(28-31)32-9-13-56(14-10-32)40(60)11-15-64-17-19-66-21-23-68-24-22-67-20-18-65-16-12-52-36-4-2-3-33-42(36)47(63)58(46(33)62)37-7-8-39(59)55-45(37)61/h2-6,25-29,32,37,52H,7-24H2,1H3,(H2,51,53)(H,55,59,61)/t29-,37?/m1/s1. The maximum absolute atomic E-state index is 14.1. The summed E-state index contributed by atoms with van der Waals surface area (Å²) in [5.74, 6) is -2.33. The average Bonchev–Trinajstić information content (AvgIpc) is 3.93. The molecule has 4 aromatic rings. The van der Waals surface area contributed by atoms with Gasteiger partial charge in [-0.25, -0.2) is 9.37 Å². The van der Waals surface area contributed by atoms with Gasteiger partial charge in [-0.2, -0.15) is 5.10 Å². The third-order valence-electron chi connectivity index (χ3n) is 11.8. The molecule has 2 aromatic carbocycles. The molecule has 4 N–H and O–H groups in total. The third-order valence-corrected chi connectivity index (χ3v) is 12.5. The van der Waals surface area contributed by atoms with Crippen molar-refractivity contribution in [3.63, 3.8) is 0 Å². The van der Waals surface area contributed by atoms with Gasteiger partial charge in [0.15, 0.2) is 11.6 Å². The Morgan fingerprint density at radius 3 is 2.22 bits per heavy atom. The van der Waals surface area contributed by atoms with Crippen LogP contribution in [-0.4, -0.2) is 146 Å². The number of anilines is 2. The number of nitrogens with zero attached hydrogens (tertiary/aromatic N) is 5. The minimum Gasteiger partial charge on any atom is -0.482 e. The van der Waals surface area contributed by atoms with Crippen LogP contribution in [0.3, 0.4) is 0 Å². The number of rotatable bonds is 25. The number of carbonyl (C=O) groups excluding carboxylic acids is 5. The molecule has 2 saturated heterocycles. The molecule has 2 atom stereocenters. The van der Waals surface area contributed by atoms with E-state index in [9.17, 15) is 28.4 Å². The fourth-order valence-corrected chi connectivity index (χ4v) is 8.84. The van der Waals surface area contributed by atoms with Crippen LogP contribution in [0.1, 0.15) is 77.5 Å². The Labute approximate surface area is 407 Å². The predicted octanol–water partition coefficient (Wildman–Crippen LogP) is 5.26. The molecule has 0 radical (unpaired) electrons. The van der Waals surface area contributed by atoms with Gasteiger partial charge in [-0.3, -0.25) is 38.9 Å². The van der Waals surface area contributed by atoms with Gasteiger partial charge in [-0.15, -0.1) is 0 Å². The highest BCUT2D eigenvalue weighted by Gasteiger charge is 2.45. The van der Waals surface area contributed by atoms with E-state index in [1.54, 1.807) is 43.6 Å². The molecule has 7 rings (SSSR count). The molecule has 3 aliphatic heterocycles. The molecule has 2 aromatic heterocycles. The zero-order chi connectivity index (χ0) is 48.9. The van der Waals surface area contributed by atoms with Gasteiger partial charge < -0.3 is 44.4 Å². The van der Waals surface area contributed by atoms with Crippen molar-refractivity contribution in [2.24, 2.45) is 0 Å². The molecular formula is C47H55Cl2FN8O11. The largest absolute Gasteiger partial charge is 0.482 e. The van der Waals surface area contributed by atoms with E-state index in [0.717, 1.165) is 28.9 Å². The van der Waals surface area contributed by atoms with Gasteiger partial charge in [0.1, 0.15) is 18.0 Å². The Kier molecular flexibility index (Phi) is 18.3. The van der Waals surface area contributed by atoms with Gasteiger partial charge in [-0.05, 0) is 56.5 Å². The predicted molar refractivity (Wildman–Crippen MR) is 250 cm³/mol. The van der Waals surface area contributed by atoms with Gasteiger partial charge >= 0.3 is 0 Å². The number of ether oxygens (including phenoxy) is 6. The Bertz CT molecular complexity index is 2470. The van der Waals surface area contributed by atoms with Crippen LogP contribution >= 0.6 is 23.2 Å². The molecule has 1 unspecified atom stereocenters. The molecule has 3 aliphatic rings. The second-order valence-electron chi connectivity index (χ2n) is 16.4. The highest BCUT2D eigenvalue weighted by molar-refractivity contribution is 6.36. The van der Waals surface area contributed by atoms with Crippen LogP contribution in [0.25, 0.3) is 11.1 Å². The van der Waals surface area contributed by atoms with Crippen LogP contribution in [0.5, 0.6) is 5.75 Å². The van der Waals surface area contributed by atoms with E-state index in [0.29, 0.717) is 103 Å². The molecule has 2 fully saturated rings. The summed E-state index contributed by atoms with van der Waals surface area (Å²) >= 11 is 12.5. The first-order valence-electron chi connectivity index (χ1n) is 22.8. The van der Waals surface area contributed by atoms with E-state index < -0.39 is 41.6 Å². The van der Waals surface area contributed by atoms with Gasteiger partial charge in [0, 0.05) is 65.8 Å². The summed E-state index contributed by atoms with van der Waals surface area (Å²) in [6.45, 7) is 6.87. The second kappa shape index (κ2) is 24.7. The molecule has 69 heavy (non-hydrogen) atoms. The molecule has 5 amide bonds. The lowest BCUT2D eigenvalue weighted by Gasteiger charge is -2.32.